The lowest BCUT2D eigenvalue weighted by Crippen LogP contribution is -2.01. The average Bonchev–Trinajstić information content (AvgIpc) is 2.82. The number of aromatic nitrogens is 2. The lowest BCUT2D eigenvalue weighted by atomic mass is 10.0. The zero-order valence-corrected chi connectivity index (χ0v) is 13.4. The molecule has 0 saturated carbocycles. The van der Waals surface area contributed by atoms with Crippen molar-refractivity contribution in [3.8, 4) is 0 Å². The summed E-state index contributed by atoms with van der Waals surface area (Å²) in [5.74, 6) is 0.858. The Morgan fingerprint density at radius 1 is 1.30 bits per heavy atom. The smallest absolute Gasteiger partial charge is 0.165 e. The number of thioether (sulfide) groups is 1. The molecule has 0 aliphatic carbocycles. The molecule has 2 aromatic rings. The Labute approximate surface area is 134 Å². The number of benzene rings is 1. The lowest BCUT2D eigenvalue weighted by Gasteiger charge is -2.14. The molecule has 108 valence electrons. The molecule has 0 amide bonds. The monoisotopic (exact) mass is 329 g/mol. The van der Waals surface area contributed by atoms with Crippen LogP contribution in [0.1, 0.15) is 24.0 Å². The van der Waals surface area contributed by atoms with Gasteiger partial charge >= 0.3 is 0 Å². The molecule has 0 fully saturated rings. The van der Waals surface area contributed by atoms with Crippen LogP contribution in [-0.2, 0) is 12.2 Å². The summed E-state index contributed by atoms with van der Waals surface area (Å²) in [6.07, 6.45) is 7.17. The number of nitrogens with one attached hydrogen (secondary N) is 2. The third-order valence-electron chi connectivity index (χ3n) is 3.37. The van der Waals surface area contributed by atoms with Crippen molar-refractivity contribution >= 4 is 41.5 Å². The normalized spacial score (nSPS) is 13.8. The van der Waals surface area contributed by atoms with Crippen molar-refractivity contribution < 1.29 is 0 Å². The van der Waals surface area contributed by atoms with Gasteiger partial charge < -0.3 is 10.3 Å². The molecule has 0 bridgehead atoms. The quantitative estimate of drug-likeness (QED) is 0.813. The number of nitrogens with zero attached hydrogens (tertiary/aromatic N) is 1. The van der Waals surface area contributed by atoms with E-state index in [-0.39, 0.29) is 12.4 Å². The van der Waals surface area contributed by atoms with E-state index in [4.69, 9.17) is 11.6 Å². The average molecular weight is 330 g/mol. The van der Waals surface area contributed by atoms with Crippen LogP contribution in [0, 0.1) is 0 Å². The minimum Gasteiger partial charge on any atom is -0.385 e. The van der Waals surface area contributed by atoms with E-state index in [0.717, 1.165) is 28.9 Å². The number of hydrogen-bond acceptors (Lipinski definition) is 3. The first-order chi connectivity index (χ1) is 9.34. The predicted molar refractivity (Wildman–Crippen MR) is 88.3 cm³/mol. The van der Waals surface area contributed by atoms with Crippen LogP contribution in [-0.4, -0.2) is 16.5 Å². The van der Waals surface area contributed by atoms with Crippen molar-refractivity contribution in [2.45, 2.75) is 30.2 Å². The highest BCUT2D eigenvalue weighted by atomic mass is 35.5. The standard InChI is InChI=1S/C14H16ClN3S.ClH/c15-12-4-5-13-10(3-1-2-6-16-13)11(12)9-19-14-17-7-8-18-14;/h4-5,7-8,16H,1-3,6,9H2,(H,17,18);1H. The molecular weight excluding hydrogens is 313 g/mol. The highest BCUT2D eigenvalue weighted by molar-refractivity contribution is 7.98. The molecule has 3 nitrogen and oxygen atoms in total. The lowest BCUT2D eigenvalue weighted by molar-refractivity contribution is 0.783. The van der Waals surface area contributed by atoms with Crippen LogP contribution in [0.4, 0.5) is 5.69 Å². The molecule has 1 aliphatic rings. The molecule has 1 aromatic heterocycles. The third-order valence-corrected chi connectivity index (χ3v) is 4.65. The van der Waals surface area contributed by atoms with Crippen LogP contribution >= 0.6 is 35.8 Å². The number of imidazole rings is 1. The predicted octanol–water partition coefficient (Wildman–Crippen LogP) is 4.53. The summed E-state index contributed by atoms with van der Waals surface area (Å²) in [6, 6.07) is 4.10. The first-order valence-electron chi connectivity index (χ1n) is 6.51. The summed E-state index contributed by atoms with van der Waals surface area (Å²) in [4.78, 5) is 7.35. The Kier molecular flexibility index (Phi) is 5.64. The van der Waals surface area contributed by atoms with Gasteiger partial charge in [-0.25, -0.2) is 4.98 Å². The maximum atomic E-state index is 6.38. The van der Waals surface area contributed by atoms with E-state index in [2.05, 4.69) is 21.4 Å². The van der Waals surface area contributed by atoms with Crippen LogP contribution in [0.5, 0.6) is 0 Å². The number of hydrogen-bond donors (Lipinski definition) is 2. The number of anilines is 1. The fourth-order valence-corrected chi connectivity index (χ4v) is 3.61. The van der Waals surface area contributed by atoms with Gasteiger partial charge in [-0.15, -0.1) is 12.4 Å². The zero-order chi connectivity index (χ0) is 13.1. The summed E-state index contributed by atoms with van der Waals surface area (Å²) >= 11 is 8.08. The van der Waals surface area contributed by atoms with Gasteiger partial charge in [-0.2, -0.15) is 0 Å². The van der Waals surface area contributed by atoms with Gasteiger partial charge in [-0.3, -0.25) is 0 Å². The molecule has 3 rings (SSSR count). The summed E-state index contributed by atoms with van der Waals surface area (Å²) in [5, 5.41) is 5.30. The molecule has 6 heteroatoms. The molecule has 0 spiro atoms. The molecule has 0 radical (unpaired) electrons. The number of aromatic amines is 1. The largest absolute Gasteiger partial charge is 0.385 e. The van der Waals surface area contributed by atoms with Crippen molar-refractivity contribution in [3.63, 3.8) is 0 Å². The van der Waals surface area contributed by atoms with Gasteiger partial charge in [0.1, 0.15) is 0 Å². The molecule has 1 aromatic carbocycles. The molecule has 20 heavy (non-hydrogen) atoms. The topological polar surface area (TPSA) is 40.7 Å². The summed E-state index contributed by atoms with van der Waals surface area (Å²) in [6.45, 7) is 1.05. The van der Waals surface area contributed by atoms with E-state index in [0.29, 0.717) is 0 Å². The minimum absolute atomic E-state index is 0. The van der Waals surface area contributed by atoms with E-state index in [1.807, 2.05) is 12.3 Å². The SMILES string of the molecule is Cl.Clc1ccc2c(c1CSc1ncc[nH]1)CCCCN2. The fourth-order valence-electron chi connectivity index (χ4n) is 2.39. The highest BCUT2D eigenvalue weighted by Crippen LogP contribution is 2.34. The number of halogens is 2. The first kappa shape index (κ1) is 15.5. The van der Waals surface area contributed by atoms with Crippen molar-refractivity contribution in [2.24, 2.45) is 0 Å². The molecule has 0 saturated heterocycles. The van der Waals surface area contributed by atoms with Crippen LogP contribution in [0.3, 0.4) is 0 Å². The van der Waals surface area contributed by atoms with E-state index < -0.39 is 0 Å². The van der Waals surface area contributed by atoms with E-state index >= 15 is 0 Å². The van der Waals surface area contributed by atoms with Crippen molar-refractivity contribution in [1.82, 2.24) is 9.97 Å². The fraction of sp³-hybridized carbons (Fsp3) is 0.357. The van der Waals surface area contributed by atoms with Gasteiger partial charge in [0.2, 0.25) is 0 Å². The Hall–Kier alpha value is -0.840. The van der Waals surface area contributed by atoms with Gasteiger partial charge in [-0.05, 0) is 42.5 Å². The molecule has 2 N–H and O–H groups in total. The van der Waals surface area contributed by atoms with Gasteiger partial charge in [0.25, 0.3) is 0 Å². The zero-order valence-electron chi connectivity index (χ0n) is 11.0. The van der Waals surface area contributed by atoms with Gasteiger partial charge in [-0.1, -0.05) is 23.4 Å². The van der Waals surface area contributed by atoms with Crippen molar-refractivity contribution in [3.05, 3.63) is 40.7 Å². The Bertz CT molecular complexity index is 558. The van der Waals surface area contributed by atoms with E-state index in [1.165, 1.54) is 29.7 Å². The summed E-state index contributed by atoms with van der Waals surface area (Å²) in [7, 11) is 0. The second-order valence-corrected chi connectivity index (χ2v) is 5.99. The molecule has 0 unspecified atom stereocenters. The van der Waals surface area contributed by atoms with Crippen molar-refractivity contribution in [2.75, 3.05) is 11.9 Å². The second-order valence-electron chi connectivity index (χ2n) is 4.62. The highest BCUT2D eigenvalue weighted by Gasteiger charge is 2.15. The molecule has 1 aliphatic heterocycles. The van der Waals surface area contributed by atoms with Gasteiger partial charge in [0.15, 0.2) is 5.16 Å². The van der Waals surface area contributed by atoms with Crippen LogP contribution in [0.25, 0.3) is 0 Å². The van der Waals surface area contributed by atoms with Crippen LogP contribution in [0.2, 0.25) is 5.02 Å². The number of H-pyrrole nitrogens is 1. The summed E-state index contributed by atoms with van der Waals surface area (Å²) < 4.78 is 0. The third kappa shape index (κ3) is 3.43. The minimum atomic E-state index is 0. The Morgan fingerprint density at radius 3 is 3.00 bits per heavy atom. The van der Waals surface area contributed by atoms with E-state index in [9.17, 15) is 0 Å². The van der Waals surface area contributed by atoms with Crippen LogP contribution < -0.4 is 5.32 Å². The molecular formula is C14H17Cl2N3S. The van der Waals surface area contributed by atoms with Crippen LogP contribution in [0.15, 0.2) is 29.7 Å². The van der Waals surface area contributed by atoms with Gasteiger partial charge in [0.05, 0.1) is 0 Å². The second kappa shape index (κ2) is 7.25. The van der Waals surface area contributed by atoms with E-state index in [1.54, 1.807) is 18.0 Å². The number of fused-ring (bicyclic) bond motifs is 1. The first-order valence-corrected chi connectivity index (χ1v) is 7.87. The molecule has 2 heterocycles. The maximum Gasteiger partial charge on any atom is 0.165 e. The maximum absolute atomic E-state index is 6.38. The number of rotatable bonds is 3. The molecule has 0 atom stereocenters. The Morgan fingerprint density at radius 2 is 2.20 bits per heavy atom. The van der Waals surface area contributed by atoms with Crippen molar-refractivity contribution in [1.29, 1.82) is 0 Å². The Balaban J connectivity index is 0.00000147. The van der Waals surface area contributed by atoms with Gasteiger partial charge in [0, 0.05) is 35.4 Å². The summed E-state index contributed by atoms with van der Waals surface area (Å²) in [5.41, 5.74) is 3.87.